The number of ether oxygens (including phenoxy) is 3. The number of nitrogens with zero attached hydrogens (tertiary/aromatic N) is 3. The van der Waals surface area contributed by atoms with E-state index in [0.29, 0.717) is 47.5 Å². The Hall–Kier alpha value is -3.06. The predicted octanol–water partition coefficient (Wildman–Crippen LogP) is 5.25. The predicted molar refractivity (Wildman–Crippen MR) is 119 cm³/mol. The van der Waals surface area contributed by atoms with Gasteiger partial charge in [-0.2, -0.15) is 22.0 Å². The number of rotatable bonds is 7. The Morgan fingerprint density at radius 1 is 1.03 bits per heavy atom. The molecule has 36 heavy (non-hydrogen) atoms. The molecule has 13 heteroatoms. The van der Waals surface area contributed by atoms with E-state index in [-0.39, 0.29) is 17.7 Å². The third-order valence-corrected chi connectivity index (χ3v) is 5.49. The molecule has 196 valence electrons. The Balaban J connectivity index is 1.65. The summed E-state index contributed by atoms with van der Waals surface area (Å²) in [5.41, 5.74) is 1.58. The van der Waals surface area contributed by atoms with Crippen molar-refractivity contribution in [2.45, 2.75) is 51.5 Å². The SMILES string of the molecule is Cc1cc(-c2nnc(NCC3OCCO3)o2)nc2c(C(C)(C)C)cc(OCC(F)(F)C(F)(F)F)cc12. The molecule has 2 aromatic heterocycles. The van der Waals surface area contributed by atoms with Crippen molar-refractivity contribution in [1.82, 2.24) is 15.2 Å². The molecule has 1 fully saturated rings. The molecule has 0 aliphatic carbocycles. The molecule has 0 unspecified atom stereocenters. The molecular formula is C23H25F5N4O4. The van der Waals surface area contributed by atoms with Gasteiger partial charge < -0.3 is 23.9 Å². The quantitative estimate of drug-likeness (QED) is 0.426. The molecule has 8 nitrogen and oxygen atoms in total. The largest absolute Gasteiger partial charge is 0.487 e. The molecule has 0 saturated carbocycles. The van der Waals surface area contributed by atoms with Gasteiger partial charge in [-0.15, -0.1) is 5.10 Å². The van der Waals surface area contributed by atoms with Crippen LogP contribution in [0.2, 0.25) is 0 Å². The first-order valence-electron chi connectivity index (χ1n) is 11.1. The zero-order valence-corrected chi connectivity index (χ0v) is 20.0. The van der Waals surface area contributed by atoms with Crippen LogP contribution < -0.4 is 10.1 Å². The molecule has 1 N–H and O–H groups in total. The van der Waals surface area contributed by atoms with Gasteiger partial charge in [0, 0.05) is 5.39 Å². The molecule has 1 saturated heterocycles. The van der Waals surface area contributed by atoms with Crippen LogP contribution in [0.5, 0.6) is 5.75 Å². The lowest BCUT2D eigenvalue weighted by Crippen LogP contribution is -2.41. The van der Waals surface area contributed by atoms with Crippen LogP contribution in [0.3, 0.4) is 0 Å². The average Bonchev–Trinajstić information content (AvgIpc) is 3.46. The van der Waals surface area contributed by atoms with E-state index in [2.05, 4.69) is 20.5 Å². The summed E-state index contributed by atoms with van der Waals surface area (Å²) in [6, 6.07) is 4.62. The molecular weight excluding hydrogens is 491 g/mol. The highest BCUT2D eigenvalue weighted by atomic mass is 19.4. The zero-order chi connectivity index (χ0) is 26.3. The van der Waals surface area contributed by atoms with Crippen molar-refractivity contribution < 1.29 is 40.6 Å². The second-order valence-corrected chi connectivity index (χ2v) is 9.40. The number of nitrogens with one attached hydrogen (secondary N) is 1. The van der Waals surface area contributed by atoms with Gasteiger partial charge in [-0.1, -0.05) is 25.9 Å². The Bertz CT molecular complexity index is 1230. The van der Waals surface area contributed by atoms with Gasteiger partial charge >= 0.3 is 18.1 Å². The number of aromatic nitrogens is 3. The summed E-state index contributed by atoms with van der Waals surface area (Å²) in [4.78, 5) is 4.66. The number of benzene rings is 1. The van der Waals surface area contributed by atoms with Crippen LogP contribution in [0, 0.1) is 6.92 Å². The Morgan fingerprint density at radius 2 is 1.72 bits per heavy atom. The van der Waals surface area contributed by atoms with Crippen LogP contribution in [0.1, 0.15) is 31.9 Å². The molecule has 0 amide bonds. The number of pyridine rings is 1. The first kappa shape index (κ1) is 26.0. The summed E-state index contributed by atoms with van der Waals surface area (Å²) in [5.74, 6) is -4.96. The fourth-order valence-corrected chi connectivity index (χ4v) is 3.58. The van der Waals surface area contributed by atoms with E-state index in [1.165, 1.54) is 12.1 Å². The van der Waals surface area contributed by atoms with Crippen molar-refractivity contribution in [2.24, 2.45) is 0 Å². The van der Waals surface area contributed by atoms with Crippen molar-refractivity contribution in [3.05, 3.63) is 29.3 Å². The minimum absolute atomic E-state index is 0.116. The summed E-state index contributed by atoms with van der Waals surface area (Å²) >= 11 is 0. The van der Waals surface area contributed by atoms with Crippen LogP contribution in [0.15, 0.2) is 22.6 Å². The molecule has 0 atom stereocenters. The molecule has 3 heterocycles. The summed E-state index contributed by atoms with van der Waals surface area (Å²) in [7, 11) is 0. The second kappa shape index (κ2) is 9.43. The minimum atomic E-state index is -5.71. The number of alkyl halides is 5. The van der Waals surface area contributed by atoms with E-state index in [1.54, 1.807) is 13.0 Å². The van der Waals surface area contributed by atoms with E-state index >= 15 is 0 Å². The first-order valence-corrected chi connectivity index (χ1v) is 11.1. The average molecular weight is 516 g/mol. The Morgan fingerprint density at radius 3 is 2.36 bits per heavy atom. The molecule has 1 aliphatic heterocycles. The number of anilines is 1. The molecule has 0 bridgehead atoms. The Kier molecular flexibility index (Phi) is 6.82. The zero-order valence-electron chi connectivity index (χ0n) is 20.0. The van der Waals surface area contributed by atoms with E-state index in [9.17, 15) is 22.0 Å². The number of hydrogen-bond donors (Lipinski definition) is 1. The maximum absolute atomic E-state index is 13.4. The van der Waals surface area contributed by atoms with E-state index in [1.807, 2.05) is 20.8 Å². The number of aryl methyl sites for hydroxylation is 1. The molecule has 1 aromatic carbocycles. The van der Waals surface area contributed by atoms with Gasteiger partial charge in [-0.25, -0.2) is 4.98 Å². The van der Waals surface area contributed by atoms with Gasteiger partial charge in [0.25, 0.3) is 5.89 Å². The monoisotopic (exact) mass is 516 g/mol. The topological polar surface area (TPSA) is 91.5 Å². The fraction of sp³-hybridized carbons (Fsp3) is 0.522. The standard InChI is InChI=1S/C23H25F5N4O4/c1-12-7-16(19-31-32-20(36-19)29-10-17-33-5-6-34-17)30-18-14(12)8-13(9-15(18)21(2,3)4)35-11-22(24,25)23(26,27)28/h7-9,17H,5-6,10-11H2,1-4H3,(H,29,32). The van der Waals surface area contributed by atoms with E-state index in [4.69, 9.17) is 18.6 Å². The van der Waals surface area contributed by atoms with Crippen LogP contribution in [0.4, 0.5) is 28.0 Å². The summed E-state index contributed by atoms with van der Waals surface area (Å²) in [6.45, 7) is 6.84. The van der Waals surface area contributed by atoms with Crippen molar-refractivity contribution in [1.29, 1.82) is 0 Å². The van der Waals surface area contributed by atoms with Crippen molar-refractivity contribution in [3.8, 4) is 17.3 Å². The smallest absolute Gasteiger partial charge is 0.456 e. The van der Waals surface area contributed by atoms with Crippen molar-refractivity contribution in [3.63, 3.8) is 0 Å². The van der Waals surface area contributed by atoms with Crippen LogP contribution in [-0.4, -0.2) is 59.9 Å². The molecule has 1 aliphatic rings. The molecule has 0 radical (unpaired) electrons. The number of hydrogen-bond acceptors (Lipinski definition) is 8. The van der Waals surface area contributed by atoms with Gasteiger partial charge in [0.2, 0.25) is 0 Å². The fourth-order valence-electron chi connectivity index (χ4n) is 3.58. The number of fused-ring (bicyclic) bond motifs is 1. The minimum Gasteiger partial charge on any atom is -0.487 e. The van der Waals surface area contributed by atoms with Crippen LogP contribution >= 0.6 is 0 Å². The van der Waals surface area contributed by atoms with Gasteiger partial charge in [0.05, 0.1) is 25.3 Å². The van der Waals surface area contributed by atoms with Crippen molar-refractivity contribution >= 4 is 16.9 Å². The Labute approximate surface area is 203 Å². The normalized spacial score (nSPS) is 15.6. The van der Waals surface area contributed by atoms with Crippen LogP contribution in [-0.2, 0) is 14.9 Å². The molecule has 4 rings (SSSR count). The highest BCUT2D eigenvalue weighted by Crippen LogP contribution is 2.38. The maximum Gasteiger partial charge on any atom is 0.456 e. The highest BCUT2D eigenvalue weighted by Gasteiger charge is 2.58. The van der Waals surface area contributed by atoms with Gasteiger partial charge in [0.1, 0.15) is 11.4 Å². The lowest BCUT2D eigenvalue weighted by molar-refractivity contribution is -0.290. The van der Waals surface area contributed by atoms with Gasteiger partial charge in [-0.3, -0.25) is 0 Å². The second-order valence-electron chi connectivity index (χ2n) is 9.40. The third-order valence-electron chi connectivity index (χ3n) is 5.49. The first-order chi connectivity index (χ1) is 16.7. The summed E-state index contributed by atoms with van der Waals surface area (Å²) in [6.07, 6.45) is -6.12. The van der Waals surface area contributed by atoms with E-state index in [0.717, 1.165) is 0 Å². The highest BCUT2D eigenvalue weighted by molar-refractivity contribution is 5.89. The van der Waals surface area contributed by atoms with Gasteiger partial charge in [0.15, 0.2) is 12.9 Å². The summed E-state index contributed by atoms with van der Waals surface area (Å²) < 4.78 is 85.9. The number of halogens is 5. The van der Waals surface area contributed by atoms with E-state index < -0.39 is 30.4 Å². The summed E-state index contributed by atoms with van der Waals surface area (Å²) in [5, 5.41) is 11.4. The third kappa shape index (κ3) is 5.51. The maximum atomic E-state index is 13.4. The van der Waals surface area contributed by atoms with Crippen molar-refractivity contribution in [2.75, 3.05) is 31.7 Å². The molecule has 3 aromatic rings. The lowest BCUT2D eigenvalue weighted by atomic mass is 9.84. The van der Waals surface area contributed by atoms with Gasteiger partial charge in [-0.05, 0) is 41.7 Å². The van der Waals surface area contributed by atoms with Crippen LogP contribution in [0.25, 0.3) is 22.5 Å². The lowest BCUT2D eigenvalue weighted by Gasteiger charge is -2.24. The molecule has 0 spiro atoms.